The summed E-state index contributed by atoms with van der Waals surface area (Å²) in [7, 11) is -1.75. The van der Waals surface area contributed by atoms with E-state index >= 15 is 0 Å². The molecule has 0 bridgehead atoms. The summed E-state index contributed by atoms with van der Waals surface area (Å²) in [5.74, 6) is 0.945. The second-order valence-electron chi connectivity index (χ2n) is 6.34. The molecular formula is C16H23ClN2O4S. The van der Waals surface area contributed by atoms with Gasteiger partial charge in [-0.2, -0.15) is 17.0 Å². The molecule has 24 heavy (non-hydrogen) atoms. The van der Waals surface area contributed by atoms with Crippen LogP contribution in [0.15, 0.2) is 24.3 Å². The number of rotatable bonds is 6. The highest BCUT2D eigenvalue weighted by Crippen LogP contribution is 2.27. The van der Waals surface area contributed by atoms with Gasteiger partial charge in [0.2, 0.25) is 0 Å². The molecule has 2 saturated heterocycles. The molecule has 0 aliphatic carbocycles. The molecule has 2 heterocycles. The third-order valence-electron chi connectivity index (χ3n) is 4.45. The molecule has 2 aliphatic rings. The van der Waals surface area contributed by atoms with Gasteiger partial charge >= 0.3 is 0 Å². The fraction of sp³-hybridized carbons (Fsp3) is 0.625. The first-order chi connectivity index (χ1) is 11.5. The van der Waals surface area contributed by atoms with E-state index in [1.807, 2.05) is 12.1 Å². The first-order valence-corrected chi connectivity index (χ1v) is 9.93. The lowest BCUT2D eigenvalue weighted by atomic mass is 10.0. The van der Waals surface area contributed by atoms with Gasteiger partial charge in [0, 0.05) is 25.2 Å². The van der Waals surface area contributed by atoms with Crippen LogP contribution in [0.4, 0.5) is 0 Å². The summed E-state index contributed by atoms with van der Waals surface area (Å²) in [5, 5.41) is 0.605. The molecule has 3 rings (SSSR count). The van der Waals surface area contributed by atoms with Crippen molar-refractivity contribution in [1.82, 2.24) is 8.61 Å². The number of hydrogen-bond donors (Lipinski definition) is 0. The van der Waals surface area contributed by atoms with Crippen LogP contribution in [-0.4, -0.2) is 63.0 Å². The van der Waals surface area contributed by atoms with Gasteiger partial charge in [0.05, 0.1) is 19.7 Å². The molecule has 1 unspecified atom stereocenters. The van der Waals surface area contributed by atoms with Crippen molar-refractivity contribution < 1.29 is 17.9 Å². The Bertz CT molecular complexity index is 662. The smallest absolute Gasteiger partial charge is 0.282 e. The van der Waals surface area contributed by atoms with Gasteiger partial charge in [0.15, 0.2) is 0 Å². The quantitative estimate of drug-likeness (QED) is 0.764. The van der Waals surface area contributed by atoms with Crippen LogP contribution < -0.4 is 4.74 Å². The molecule has 8 heteroatoms. The van der Waals surface area contributed by atoms with Gasteiger partial charge in [0.25, 0.3) is 10.2 Å². The van der Waals surface area contributed by atoms with Gasteiger partial charge in [0.1, 0.15) is 11.9 Å². The Morgan fingerprint density at radius 3 is 2.75 bits per heavy atom. The predicted octanol–water partition coefficient (Wildman–Crippen LogP) is 2.01. The molecule has 1 atom stereocenters. The van der Waals surface area contributed by atoms with Crippen molar-refractivity contribution in [3.05, 3.63) is 29.3 Å². The van der Waals surface area contributed by atoms with Gasteiger partial charge in [-0.1, -0.05) is 17.7 Å². The summed E-state index contributed by atoms with van der Waals surface area (Å²) in [6.45, 7) is 2.47. The minimum atomic E-state index is -3.40. The average Bonchev–Trinajstić information content (AvgIpc) is 2.51. The summed E-state index contributed by atoms with van der Waals surface area (Å²) >= 11 is 5.93. The maximum atomic E-state index is 12.7. The second kappa shape index (κ2) is 7.58. The van der Waals surface area contributed by atoms with E-state index in [1.54, 1.807) is 23.5 Å². The van der Waals surface area contributed by atoms with E-state index in [2.05, 4.69) is 0 Å². The van der Waals surface area contributed by atoms with Crippen LogP contribution in [0, 0.1) is 5.92 Å². The highest BCUT2D eigenvalue weighted by atomic mass is 35.5. The maximum absolute atomic E-state index is 12.7. The molecule has 1 aromatic carbocycles. The summed E-state index contributed by atoms with van der Waals surface area (Å²) in [6, 6.07) is 7.15. The number of halogens is 1. The van der Waals surface area contributed by atoms with Gasteiger partial charge < -0.3 is 9.47 Å². The van der Waals surface area contributed by atoms with Gasteiger partial charge in [-0.15, -0.1) is 0 Å². The molecule has 0 spiro atoms. The second-order valence-corrected chi connectivity index (χ2v) is 8.71. The molecule has 2 fully saturated rings. The lowest BCUT2D eigenvalue weighted by molar-refractivity contribution is 0.0664. The highest BCUT2D eigenvalue weighted by Gasteiger charge is 2.41. The topological polar surface area (TPSA) is 59.1 Å². The zero-order valence-electron chi connectivity index (χ0n) is 13.7. The lowest BCUT2D eigenvalue weighted by Gasteiger charge is -2.42. The number of benzene rings is 1. The standard InChI is InChI=1S/C16H23ClN2O4S/c1-22-12-13-4-3-7-18(9-13)24(20,21)19-10-16(11-19)23-15-6-2-5-14(17)8-15/h2,5-6,8,13,16H,3-4,7,9-12H2,1H3. The van der Waals surface area contributed by atoms with Crippen molar-refractivity contribution in [2.75, 3.05) is 39.9 Å². The first-order valence-electron chi connectivity index (χ1n) is 8.15. The molecule has 134 valence electrons. The van der Waals surface area contributed by atoms with E-state index in [-0.39, 0.29) is 12.0 Å². The fourth-order valence-electron chi connectivity index (χ4n) is 3.17. The molecule has 0 saturated carbocycles. The Labute approximate surface area is 148 Å². The Kier molecular flexibility index (Phi) is 5.66. The van der Waals surface area contributed by atoms with Crippen LogP contribution in [0.3, 0.4) is 0 Å². The maximum Gasteiger partial charge on any atom is 0.282 e. The van der Waals surface area contributed by atoms with Crippen molar-refractivity contribution in [1.29, 1.82) is 0 Å². The number of hydrogen-bond acceptors (Lipinski definition) is 4. The number of nitrogens with zero attached hydrogens (tertiary/aromatic N) is 2. The molecule has 1 aromatic rings. The third kappa shape index (κ3) is 4.03. The van der Waals surface area contributed by atoms with Crippen molar-refractivity contribution in [3.8, 4) is 5.75 Å². The molecule has 0 radical (unpaired) electrons. The third-order valence-corrected chi connectivity index (χ3v) is 6.62. The number of methoxy groups -OCH3 is 1. The Balaban J connectivity index is 1.54. The Morgan fingerprint density at radius 1 is 1.25 bits per heavy atom. The number of piperidine rings is 1. The first kappa shape index (κ1) is 17.9. The minimum absolute atomic E-state index is 0.127. The monoisotopic (exact) mass is 374 g/mol. The predicted molar refractivity (Wildman–Crippen MR) is 92.5 cm³/mol. The summed E-state index contributed by atoms with van der Waals surface area (Å²) in [6.07, 6.45) is 1.77. The summed E-state index contributed by atoms with van der Waals surface area (Å²) < 4.78 is 39.4. The molecule has 6 nitrogen and oxygen atoms in total. The molecule has 2 aliphatic heterocycles. The minimum Gasteiger partial charge on any atom is -0.488 e. The van der Waals surface area contributed by atoms with E-state index in [0.717, 1.165) is 12.8 Å². The molecular weight excluding hydrogens is 352 g/mol. The fourth-order valence-corrected chi connectivity index (χ4v) is 5.14. The van der Waals surface area contributed by atoms with Crippen LogP contribution in [0.5, 0.6) is 5.75 Å². The highest BCUT2D eigenvalue weighted by molar-refractivity contribution is 7.86. The van der Waals surface area contributed by atoms with Crippen molar-refractivity contribution in [3.63, 3.8) is 0 Å². The zero-order chi connectivity index (χ0) is 17.2. The van der Waals surface area contributed by atoms with Crippen LogP contribution in [0.25, 0.3) is 0 Å². The van der Waals surface area contributed by atoms with Crippen LogP contribution in [0.1, 0.15) is 12.8 Å². The van der Waals surface area contributed by atoms with Gasteiger partial charge in [-0.25, -0.2) is 0 Å². The van der Waals surface area contributed by atoms with Crippen molar-refractivity contribution >= 4 is 21.8 Å². The normalized spacial score (nSPS) is 23.8. The summed E-state index contributed by atoms with van der Waals surface area (Å²) in [4.78, 5) is 0. The van der Waals surface area contributed by atoms with Crippen molar-refractivity contribution in [2.24, 2.45) is 5.92 Å². The van der Waals surface area contributed by atoms with E-state index < -0.39 is 10.2 Å². The van der Waals surface area contributed by atoms with E-state index in [1.165, 1.54) is 4.31 Å². The average molecular weight is 375 g/mol. The van der Waals surface area contributed by atoms with E-state index in [0.29, 0.717) is 43.6 Å². The van der Waals surface area contributed by atoms with Crippen LogP contribution in [0.2, 0.25) is 5.02 Å². The SMILES string of the molecule is COCC1CCCN(S(=O)(=O)N2CC(Oc3cccc(Cl)c3)C2)C1. The van der Waals surface area contributed by atoms with Crippen LogP contribution in [-0.2, 0) is 14.9 Å². The Hall–Kier alpha value is -0.860. The molecule has 0 N–H and O–H groups in total. The number of ether oxygens (including phenoxy) is 2. The summed E-state index contributed by atoms with van der Waals surface area (Å²) in [5.41, 5.74) is 0. The van der Waals surface area contributed by atoms with E-state index in [9.17, 15) is 8.42 Å². The lowest BCUT2D eigenvalue weighted by Crippen LogP contribution is -2.60. The zero-order valence-corrected chi connectivity index (χ0v) is 15.3. The van der Waals surface area contributed by atoms with Crippen molar-refractivity contribution in [2.45, 2.75) is 18.9 Å². The molecule has 0 aromatic heterocycles. The Morgan fingerprint density at radius 2 is 2.04 bits per heavy atom. The van der Waals surface area contributed by atoms with E-state index in [4.69, 9.17) is 21.1 Å². The largest absolute Gasteiger partial charge is 0.488 e. The van der Waals surface area contributed by atoms with Crippen LogP contribution >= 0.6 is 11.6 Å². The van der Waals surface area contributed by atoms with Gasteiger partial charge in [-0.3, -0.25) is 0 Å². The van der Waals surface area contributed by atoms with Gasteiger partial charge in [-0.05, 0) is 37.0 Å². The molecule has 0 amide bonds.